The summed E-state index contributed by atoms with van der Waals surface area (Å²) < 4.78 is 0. The predicted octanol–water partition coefficient (Wildman–Crippen LogP) is 1.07. The van der Waals surface area contributed by atoms with E-state index in [-0.39, 0.29) is 0 Å². The predicted molar refractivity (Wildman–Crippen MR) is 61.6 cm³/mol. The maximum absolute atomic E-state index is 6.25. The van der Waals surface area contributed by atoms with Crippen LogP contribution in [0.5, 0.6) is 0 Å². The van der Waals surface area contributed by atoms with Crippen molar-refractivity contribution in [3.63, 3.8) is 0 Å². The Bertz CT molecular complexity index is 434. The van der Waals surface area contributed by atoms with Crippen molar-refractivity contribution in [3.8, 4) is 0 Å². The van der Waals surface area contributed by atoms with Gasteiger partial charge in [0.15, 0.2) is 0 Å². The Kier molecular flexibility index (Phi) is 2.25. The molecule has 1 unspecified atom stereocenters. The number of hydrogen-bond acceptors (Lipinski definition) is 3. The van der Waals surface area contributed by atoms with E-state index in [0.717, 1.165) is 11.1 Å². The first-order valence-corrected chi connectivity index (χ1v) is 4.89. The molecular weight excluding hydrogens is 186 g/mol. The van der Waals surface area contributed by atoms with Crippen LogP contribution in [-0.2, 0) is 5.66 Å². The average molecular weight is 201 g/mol. The summed E-state index contributed by atoms with van der Waals surface area (Å²) in [5, 5.41) is 3.11. The second-order valence-electron chi connectivity index (χ2n) is 3.81. The van der Waals surface area contributed by atoms with Gasteiger partial charge in [-0.1, -0.05) is 24.3 Å². The van der Waals surface area contributed by atoms with Crippen molar-refractivity contribution in [1.29, 1.82) is 0 Å². The molecule has 0 saturated carbocycles. The van der Waals surface area contributed by atoms with Gasteiger partial charge in [0.25, 0.3) is 0 Å². The summed E-state index contributed by atoms with van der Waals surface area (Å²) in [5.74, 6) is 0. The highest BCUT2D eigenvalue weighted by molar-refractivity contribution is 5.39. The van der Waals surface area contributed by atoms with Gasteiger partial charge in [-0.05, 0) is 30.2 Å². The van der Waals surface area contributed by atoms with E-state index in [0.29, 0.717) is 5.70 Å². The number of dihydropyridines is 1. The van der Waals surface area contributed by atoms with Crippen LogP contribution in [0.15, 0.2) is 48.3 Å². The molecule has 0 fully saturated rings. The smallest absolute Gasteiger partial charge is 0.132 e. The molecule has 3 heteroatoms. The Morgan fingerprint density at radius 3 is 2.60 bits per heavy atom. The molecule has 1 aliphatic rings. The molecule has 0 amide bonds. The average Bonchev–Trinajstić information content (AvgIpc) is 2.23. The minimum atomic E-state index is -0.645. The van der Waals surface area contributed by atoms with Crippen LogP contribution in [0.1, 0.15) is 11.1 Å². The molecule has 1 aromatic carbocycles. The molecule has 0 radical (unpaired) electrons. The largest absolute Gasteiger partial charge is 0.398 e. The molecule has 2 rings (SSSR count). The lowest BCUT2D eigenvalue weighted by atomic mass is 9.94. The van der Waals surface area contributed by atoms with Crippen LogP contribution in [-0.4, -0.2) is 0 Å². The molecule has 0 aliphatic carbocycles. The molecule has 0 bridgehead atoms. The summed E-state index contributed by atoms with van der Waals surface area (Å²) in [6.45, 7) is 2.04. The van der Waals surface area contributed by atoms with Crippen molar-refractivity contribution in [3.05, 3.63) is 59.4 Å². The minimum Gasteiger partial charge on any atom is -0.398 e. The van der Waals surface area contributed by atoms with Gasteiger partial charge in [0.2, 0.25) is 0 Å². The summed E-state index contributed by atoms with van der Waals surface area (Å²) >= 11 is 0. The van der Waals surface area contributed by atoms with Crippen molar-refractivity contribution >= 4 is 0 Å². The molecule has 1 aliphatic heterocycles. The van der Waals surface area contributed by atoms with Crippen LogP contribution in [0.3, 0.4) is 0 Å². The number of aryl methyl sites for hydroxylation is 1. The van der Waals surface area contributed by atoms with Gasteiger partial charge in [-0.25, -0.2) is 0 Å². The number of hydrogen-bond donors (Lipinski definition) is 3. The van der Waals surface area contributed by atoms with Gasteiger partial charge in [0.05, 0.1) is 0 Å². The fourth-order valence-corrected chi connectivity index (χ4v) is 1.73. The van der Waals surface area contributed by atoms with Crippen LogP contribution in [0.25, 0.3) is 0 Å². The summed E-state index contributed by atoms with van der Waals surface area (Å²) in [6, 6.07) is 8.04. The Morgan fingerprint density at radius 2 is 2.00 bits per heavy atom. The van der Waals surface area contributed by atoms with E-state index >= 15 is 0 Å². The molecule has 1 atom stereocenters. The third kappa shape index (κ3) is 1.74. The maximum Gasteiger partial charge on any atom is 0.132 e. The van der Waals surface area contributed by atoms with Crippen molar-refractivity contribution in [2.24, 2.45) is 11.5 Å². The van der Waals surface area contributed by atoms with Crippen LogP contribution < -0.4 is 16.8 Å². The quantitative estimate of drug-likeness (QED) is 0.636. The van der Waals surface area contributed by atoms with E-state index in [1.807, 2.05) is 43.3 Å². The highest BCUT2D eigenvalue weighted by Gasteiger charge is 2.25. The second-order valence-corrected chi connectivity index (χ2v) is 3.81. The topological polar surface area (TPSA) is 64.1 Å². The van der Waals surface area contributed by atoms with Crippen LogP contribution in [0.4, 0.5) is 0 Å². The zero-order valence-electron chi connectivity index (χ0n) is 8.70. The maximum atomic E-state index is 6.25. The zero-order chi connectivity index (χ0) is 10.9. The first kappa shape index (κ1) is 9.80. The van der Waals surface area contributed by atoms with E-state index < -0.39 is 5.66 Å². The van der Waals surface area contributed by atoms with Gasteiger partial charge >= 0.3 is 0 Å². The minimum absolute atomic E-state index is 0.645. The molecule has 0 aromatic heterocycles. The van der Waals surface area contributed by atoms with E-state index in [4.69, 9.17) is 11.5 Å². The number of rotatable bonds is 1. The number of nitrogens with one attached hydrogen (secondary N) is 1. The fraction of sp³-hybridized carbons (Fsp3) is 0.167. The second kappa shape index (κ2) is 3.44. The number of nitrogens with two attached hydrogens (primary N) is 2. The highest BCUT2D eigenvalue weighted by atomic mass is 15.1. The number of allylic oxidation sites excluding steroid dienone is 1. The fourth-order valence-electron chi connectivity index (χ4n) is 1.73. The van der Waals surface area contributed by atoms with E-state index in [1.165, 1.54) is 0 Å². The Morgan fingerprint density at radius 1 is 1.27 bits per heavy atom. The van der Waals surface area contributed by atoms with E-state index in [9.17, 15) is 0 Å². The molecule has 15 heavy (non-hydrogen) atoms. The van der Waals surface area contributed by atoms with Gasteiger partial charge in [0, 0.05) is 11.9 Å². The Hall–Kier alpha value is -1.74. The summed E-state index contributed by atoms with van der Waals surface area (Å²) in [5.41, 5.74) is 14.1. The van der Waals surface area contributed by atoms with Gasteiger partial charge < -0.3 is 16.8 Å². The molecule has 1 heterocycles. The first-order chi connectivity index (χ1) is 7.12. The lowest BCUT2D eigenvalue weighted by Crippen LogP contribution is -2.48. The van der Waals surface area contributed by atoms with Crippen molar-refractivity contribution in [2.75, 3.05) is 0 Å². The van der Waals surface area contributed by atoms with Crippen LogP contribution in [0.2, 0.25) is 0 Å². The lowest BCUT2D eigenvalue weighted by molar-refractivity contribution is 0.488. The highest BCUT2D eigenvalue weighted by Crippen LogP contribution is 2.23. The molecular formula is C12H15N3. The first-order valence-electron chi connectivity index (χ1n) is 4.89. The lowest BCUT2D eigenvalue weighted by Gasteiger charge is -2.31. The van der Waals surface area contributed by atoms with Gasteiger partial charge in [-0.15, -0.1) is 0 Å². The summed E-state index contributed by atoms with van der Waals surface area (Å²) in [7, 11) is 0. The zero-order valence-corrected chi connectivity index (χ0v) is 8.70. The molecule has 0 saturated heterocycles. The SMILES string of the molecule is Cc1ccccc1C1(N)C=CC(N)=CN1. The molecule has 0 spiro atoms. The van der Waals surface area contributed by atoms with Crippen LogP contribution >= 0.6 is 0 Å². The third-order valence-electron chi connectivity index (χ3n) is 2.61. The number of benzene rings is 1. The summed E-state index contributed by atoms with van der Waals surface area (Å²) in [4.78, 5) is 0. The standard InChI is InChI=1S/C12H15N3/c1-9-4-2-3-5-11(9)12(14)7-6-10(13)8-15-12/h2-8,15H,13-14H2,1H3. The Labute approximate surface area is 89.5 Å². The van der Waals surface area contributed by atoms with Gasteiger partial charge in [-0.2, -0.15) is 0 Å². The Balaban J connectivity index is 2.40. The van der Waals surface area contributed by atoms with Crippen molar-refractivity contribution in [1.82, 2.24) is 5.32 Å². The molecule has 78 valence electrons. The third-order valence-corrected chi connectivity index (χ3v) is 2.61. The normalized spacial score (nSPS) is 24.5. The molecule has 5 N–H and O–H groups in total. The van der Waals surface area contributed by atoms with Gasteiger partial charge in [-0.3, -0.25) is 0 Å². The van der Waals surface area contributed by atoms with E-state index in [1.54, 1.807) is 6.20 Å². The molecule has 1 aromatic rings. The summed E-state index contributed by atoms with van der Waals surface area (Å²) in [6.07, 6.45) is 5.43. The van der Waals surface area contributed by atoms with E-state index in [2.05, 4.69) is 5.32 Å². The molecule has 3 nitrogen and oxygen atoms in total. The van der Waals surface area contributed by atoms with Gasteiger partial charge in [0.1, 0.15) is 5.66 Å². The monoisotopic (exact) mass is 201 g/mol. The van der Waals surface area contributed by atoms with Crippen molar-refractivity contribution in [2.45, 2.75) is 12.6 Å². The van der Waals surface area contributed by atoms with Crippen molar-refractivity contribution < 1.29 is 0 Å². The van der Waals surface area contributed by atoms with Crippen LogP contribution in [0, 0.1) is 6.92 Å².